The SMILES string of the molecule is O=c1c2ccc(Cl)cc2ncn1Cc1ccccc1. The number of nitrogens with zero attached hydrogens (tertiary/aromatic N) is 2. The maximum Gasteiger partial charge on any atom is 0.261 e. The Kier molecular flexibility index (Phi) is 3.05. The molecule has 0 atom stereocenters. The molecule has 0 aliphatic rings. The van der Waals surface area contributed by atoms with Gasteiger partial charge in [0.25, 0.3) is 5.56 Å². The fourth-order valence-corrected chi connectivity index (χ4v) is 2.19. The maximum atomic E-state index is 12.3. The summed E-state index contributed by atoms with van der Waals surface area (Å²) in [6.45, 7) is 0.519. The minimum Gasteiger partial charge on any atom is -0.294 e. The van der Waals surface area contributed by atoms with Crippen LogP contribution in [0, 0.1) is 0 Å². The lowest BCUT2D eigenvalue weighted by Gasteiger charge is -2.06. The van der Waals surface area contributed by atoms with E-state index in [9.17, 15) is 4.79 Å². The number of rotatable bonds is 2. The third kappa shape index (κ3) is 2.37. The van der Waals surface area contributed by atoms with E-state index in [0.717, 1.165) is 5.56 Å². The molecule has 0 aliphatic heterocycles. The monoisotopic (exact) mass is 270 g/mol. The van der Waals surface area contributed by atoms with Crippen LogP contribution in [0.4, 0.5) is 0 Å². The highest BCUT2D eigenvalue weighted by atomic mass is 35.5. The van der Waals surface area contributed by atoms with Crippen LogP contribution >= 0.6 is 11.6 Å². The summed E-state index contributed by atoms with van der Waals surface area (Å²) in [5.74, 6) is 0. The number of benzene rings is 2. The van der Waals surface area contributed by atoms with E-state index in [2.05, 4.69) is 4.98 Å². The van der Waals surface area contributed by atoms with Crippen LogP contribution < -0.4 is 5.56 Å². The predicted molar refractivity (Wildman–Crippen MR) is 76.6 cm³/mol. The summed E-state index contributed by atoms with van der Waals surface area (Å²) < 4.78 is 1.60. The van der Waals surface area contributed by atoms with Crippen LogP contribution in [0.1, 0.15) is 5.56 Å². The summed E-state index contributed by atoms with van der Waals surface area (Å²) in [5.41, 5.74) is 1.65. The van der Waals surface area contributed by atoms with Gasteiger partial charge in [0.15, 0.2) is 0 Å². The Balaban J connectivity index is 2.08. The van der Waals surface area contributed by atoms with Gasteiger partial charge in [0, 0.05) is 5.02 Å². The first-order valence-corrected chi connectivity index (χ1v) is 6.30. The molecule has 0 saturated carbocycles. The van der Waals surface area contributed by atoms with Gasteiger partial charge in [-0.15, -0.1) is 0 Å². The van der Waals surface area contributed by atoms with Gasteiger partial charge in [-0.05, 0) is 23.8 Å². The third-order valence-electron chi connectivity index (χ3n) is 2.98. The number of aromatic nitrogens is 2. The number of fused-ring (bicyclic) bond motifs is 1. The molecule has 0 amide bonds. The topological polar surface area (TPSA) is 34.9 Å². The zero-order valence-electron chi connectivity index (χ0n) is 10.1. The standard InChI is InChI=1S/C15H11ClN2O/c16-12-6-7-13-14(8-12)17-10-18(15(13)19)9-11-4-2-1-3-5-11/h1-8,10H,9H2. The molecule has 2 aromatic carbocycles. The Labute approximate surface area is 115 Å². The van der Waals surface area contributed by atoms with Gasteiger partial charge in [-0.25, -0.2) is 4.98 Å². The fourth-order valence-electron chi connectivity index (χ4n) is 2.02. The Hall–Kier alpha value is -2.13. The van der Waals surface area contributed by atoms with E-state index in [1.165, 1.54) is 0 Å². The number of halogens is 1. The third-order valence-corrected chi connectivity index (χ3v) is 3.22. The average Bonchev–Trinajstić information content (AvgIpc) is 2.43. The Morgan fingerprint density at radius 1 is 1.11 bits per heavy atom. The molecule has 0 radical (unpaired) electrons. The predicted octanol–water partition coefficient (Wildman–Crippen LogP) is 3.10. The van der Waals surface area contributed by atoms with Crippen molar-refractivity contribution >= 4 is 22.5 Å². The van der Waals surface area contributed by atoms with Crippen LogP contribution in [0.3, 0.4) is 0 Å². The zero-order valence-corrected chi connectivity index (χ0v) is 10.8. The molecule has 0 spiro atoms. The first-order valence-electron chi connectivity index (χ1n) is 5.93. The maximum absolute atomic E-state index is 12.3. The summed E-state index contributed by atoms with van der Waals surface area (Å²) in [6.07, 6.45) is 1.56. The molecule has 0 aliphatic carbocycles. The van der Waals surface area contributed by atoms with Crippen molar-refractivity contribution in [2.45, 2.75) is 6.54 Å². The summed E-state index contributed by atoms with van der Waals surface area (Å²) >= 11 is 5.89. The van der Waals surface area contributed by atoms with Crippen LogP contribution in [0.25, 0.3) is 10.9 Å². The summed E-state index contributed by atoms with van der Waals surface area (Å²) in [6, 6.07) is 15.0. The molecule has 94 valence electrons. The lowest BCUT2D eigenvalue weighted by atomic mass is 10.2. The Morgan fingerprint density at radius 2 is 1.89 bits per heavy atom. The zero-order chi connectivity index (χ0) is 13.2. The van der Waals surface area contributed by atoms with Crippen LogP contribution in [0.2, 0.25) is 5.02 Å². The first-order chi connectivity index (χ1) is 9.24. The van der Waals surface area contributed by atoms with Crippen LogP contribution in [-0.4, -0.2) is 9.55 Å². The van der Waals surface area contributed by atoms with Gasteiger partial charge < -0.3 is 0 Å². The molecule has 3 aromatic rings. The largest absolute Gasteiger partial charge is 0.294 e. The van der Waals surface area contributed by atoms with Gasteiger partial charge in [0.1, 0.15) is 0 Å². The highest BCUT2D eigenvalue weighted by molar-refractivity contribution is 6.31. The van der Waals surface area contributed by atoms with Gasteiger partial charge in [0.2, 0.25) is 0 Å². The molecule has 1 aromatic heterocycles. The first kappa shape index (κ1) is 11.9. The highest BCUT2D eigenvalue weighted by Gasteiger charge is 2.04. The van der Waals surface area contributed by atoms with E-state index in [4.69, 9.17) is 11.6 Å². The van der Waals surface area contributed by atoms with Crippen molar-refractivity contribution in [1.29, 1.82) is 0 Å². The quantitative estimate of drug-likeness (QED) is 0.717. The van der Waals surface area contributed by atoms with Gasteiger partial charge in [0.05, 0.1) is 23.8 Å². The molecule has 1 heterocycles. The molecule has 0 unspecified atom stereocenters. The molecule has 3 rings (SSSR count). The normalized spacial score (nSPS) is 10.8. The molecule has 0 bridgehead atoms. The Bertz CT molecular complexity index is 781. The van der Waals surface area contributed by atoms with E-state index < -0.39 is 0 Å². The minimum absolute atomic E-state index is 0.0504. The molecular formula is C15H11ClN2O. The molecule has 0 saturated heterocycles. The van der Waals surface area contributed by atoms with Gasteiger partial charge in [-0.2, -0.15) is 0 Å². The van der Waals surface area contributed by atoms with Crippen molar-refractivity contribution in [3.8, 4) is 0 Å². The van der Waals surface area contributed by atoms with E-state index in [0.29, 0.717) is 22.5 Å². The van der Waals surface area contributed by atoms with E-state index in [1.807, 2.05) is 30.3 Å². The van der Waals surface area contributed by atoms with Crippen molar-refractivity contribution in [2.75, 3.05) is 0 Å². The summed E-state index contributed by atoms with van der Waals surface area (Å²) in [5, 5.41) is 1.17. The van der Waals surface area contributed by atoms with Crippen molar-refractivity contribution in [2.24, 2.45) is 0 Å². The van der Waals surface area contributed by atoms with Crippen molar-refractivity contribution in [3.63, 3.8) is 0 Å². The molecular weight excluding hydrogens is 260 g/mol. The van der Waals surface area contributed by atoms with E-state index >= 15 is 0 Å². The summed E-state index contributed by atoms with van der Waals surface area (Å²) in [4.78, 5) is 16.6. The molecule has 19 heavy (non-hydrogen) atoms. The van der Waals surface area contributed by atoms with Crippen molar-refractivity contribution in [3.05, 3.63) is 75.8 Å². The number of hydrogen-bond acceptors (Lipinski definition) is 2. The van der Waals surface area contributed by atoms with Gasteiger partial charge in [-0.1, -0.05) is 41.9 Å². The molecule has 0 fully saturated rings. The second-order valence-corrected chi connectivity index (χ2v) is 4.76. The van der Waals surface area contributed by atoms with Crippen molar-refractivity contribution < 1.29 is 0 Å². The minimum atomic E-state index is -0.0504. The van der Waals surface area contributed by atoms with Crippen molar-refractivity contribution in [1.82, 2.24) is 9.55 Å². The molecule has 0 N–H and O–H groups in total. The lowest BCUT2D eigenvalue weighted by Crippen LogP contribution is -2.21. The highest BCUT2D eigenvalue weighted by Crippen LogP contribution is 2.14. The molecule has 4 heteroatoms. The number of hydrogen-bond donors (Lipinski definition) is 0. The Morgan fingerprint density at radius 3 is 2.68 bits per heavy atom. The van der Waals surface area contributed by atoms with Gasteiger partial charge >= 0.3 is 0 Å². The fraction of sp³-hybridized carbons (Fsp3) is 0.0667. The average molecular weight is 271 g/mol. The second-order valence-electron chi connectivity index (χ2n) is 4.32. The summed E-state index contributed by atoms with van der Waals surface area (Å²) in [7, 11) is 0. The lowest BCUT2D eigenvalue weighted by molar-refractivity contribution is 0.748. The van der Waals surface area contributed by atoms with Crippen LogP contribution in [0.15, 0.2) is 59.7 Å². The second kappa shape index (κ2) is 4.86. The van der Waals surface area contributed by atoms with E-state index in [-0.39, 0.29) is 5.56 Å². The molecule has 3 nitrogen and oxygen atoms in total. The van der Waals surface area contributed by atoms with Crippen LogP contribution in [-0.2, 0) is 6.54 Å². The van der Waals surface area contributed by atoms with E-state index in [1.54, 1.807) is 29.1 Å². The van der Waals surface area contributed by atoms with Gasteiger partial charge in [-0.3, -0.25) is 9.36 Å². The smallest absolute Gasteiger partial charge is 0.261 e. The van der Waals surface area contributed by atoms with Crippen LogP contribution in [0.5, 0.6) is 0 Å².